The molecule has 2 saturated carbocycles. The predicted octanol–water partition coefficient (Wildman–Crippen LogP) is 7.41. The number of aliphatic carboxylic acids is 1. The molecule has 2 fully saturated rings. The van der Waals surface area contributed by atoms with Gasteiger partial charge in [0.1, 0.15) is 5.67 Å². The van der Waals surface area contributed by atoms with Crippen LogP contribution in [0.3, 0.4) is 0 Å². The molecule has 7 nitrogen and oxygen atoms in total. The molecule has 2 aromatic rings. The number of rotatable bonds is 11. The van der Waals surface area contributed by atoms with Crippen LogP contribution in [0.2, 0.25) is 10.0 Å². The number of Topliss-reactive ketones (excluding diaryl/α,β-unsaturated/α-hetero) is 2. The van der Waals surface area contributed by atoms with E-state index in [9.17, 15) is 37.1 Å². The van der Waals surface area contributed by atoms with Crippen LogP contribution >= 0.6 is 23.2 Å². The molecule has 2 aromatic heterocycles. The number of aromatic nitrogens is 3. The van der Waals surface area contributed by atoms with Crippen LogP contribution in [-0.2, 0) is 11.0 Å². The van der Waals surface area contributed by atoms with Crippen molar-refractivity contribution in [2.75, 3.05) is 0 Å². The zero-order chi connectivity index (χ0) is 29.4. The summed E-state index contributed by atoms with van der Waals surface area (Å²) in [5.41, 5.74) is -3.21. The van der Waals surface area contributed by atoms with Crippen LogP contribution in [-0.4, -0.2) is 43.1 Å². The molecule has 2 aliphatic carbocycles. The zero-order valence-electron chi connectivity index (χ0n) is 21.7. The van der Waals surface area contributed by atoms with Gasteiger partial charge in [0.2, 0.25) is 0 Å². The Balaban J connectivity index is 1.57. The molecule has 0 aromatic carbocycles. The standard InChI is InChI=1S/C27H29Cl2F4N3O4/c1-14-8-16(2-3-17(14)25(39)40)36-24(27(31,32)33)18(11-35-36)21(37)9-15(4-5-26(30)6-7-26)10-22(38)23-19(28)12-34-13-20(23)29/h11-17H,2-10H2,1H3,(H,39,40)/t14?,15-,16-,17?/m1/s1. The van der Waals surface area contributed by atoms with Gasteiger partial charge in [-0.25, -0.2) is 4.39 Å². The molecule has 0 bridgehead atoms. The lowest BCUT2D eigenvalue weighted by atomic mass is 9.78. The second kappa shape index (κ2) is 11.8. The molecule has 1 N–H and O–H groups in total. The molecule has 0 amide bonds. The fourth-order valence-corrected chi connectivity index (χ4v) is 6.20. The number of hydrogen-bond donors (Lipinski definition) is 1. The van der Waals surface area contributed by atoms with Crippen molar-refractivity contribution in [1.82, 2.24) is 14.8 Å². The SMILES string of the molecule is CC1C[C@H](n2ncc(C(=O)C[C@@H](CCC3(F)CC3)CC(=O)c3c(Cl)cncc3Cl)c2C(F)(F)F)CCC1C(=O)O. The molecule has 4 rings (SSSR count). The highest BCUT2D eigenvalue weighted by molar-refractivity contribution is 6.39. The molecule has 0 radical (unpaired) electrons. The maximum atomic E-state index is 14.4. The molecule has 40 heavy (non-hydrogen) atoms. The minimum absolute atomic E-state index is 0.000729. The highest BCUT2D eigenvalue weighted by Gasteiger charge is 2.45. The average molecular weight is 606 g/mol. The van der Waals surface area contributed by atoms with Crippen LogP contribution < -0.4 is 0 Å². The number of alkyl halides is 4. The smallest absolute Gasteiger partial charge is 0.433 e. The lowest BCUT2D eigenvalue weighted by molar-refractivity contribution is -0.148. The number of carbonyl (C=O) groups excluding carboxylic acids is 2. The van der Waals surface area contributed by atoms with Gasteiger partial charge >= 0.3 is 12.1 Å². The van der Waals surface area contributed by atoms with Crippen molar-refractivity contribution in [1.29, 1.82) is 0 Å². The van der Waals surface area contributed by atoms with E-state index in [4.69, 9.17) is 23.2 Å². The van der Waals surface area contributed by atoms with Crippen molar-refractivity contribution in [2.24, 2.45) is 17.8 Å². The Morgan fingerprint density at radius 2 is 1.73 bits per heavy atom. The van der Waals surface area contributed by atoms with E-state index in [1.807, 2.05) is 0 Å². The first kappa shape index (κ1) is 30.4. The molecular formula is C27H29Cl2F4N3O4. The summed E-state index contributed by atoms with van der Waals surface area (Å²) in [6, 6.07) is -0.724. The molecule has 0 spiro atoms. The number of carboxylic acid groups (broad SMARTS) is 1. The van der Waals surface area contributed by atoms with Gasteiger partial charge in [-0.2, -0.15) is 18.3 Å². The quantitative estimate of drug-likeness (QED) is 0.211. The third-order valence-corrected chi connectivity index (χ3v) is 8.62. The van der Waals surface area contributed by atoms with Gasteiger partial charge in [0.25, 0.3) is 0 Å². The Labute approximate surface area is 238 Å². The van der Waals surface area contributed by atoms with Gasteiger partial charge in [0.15, 0.2) is 17.3 Å². The summed E-state index contributed by atoms with van der Waals surface area (Å²) in [7, 11) is 0. The van der Waals surface area contributed by atoms with Crippen molar-refractivity contribution >= 4 is 40.7 Å². The number of nitrogens with zero attached hydrogens (tertiary/aromatic N) is 3. The molecule has 2 aliphatic rings. The van der Waals surface area contributed by atoms with E-state index >= 15 is 0 Å². The minimum Gasteiger partial charge on any atom is -0.481 e. The first-order valence-electron chi connectivity index (χ1n) is 13.1. The Morgan fingerprint density at radius 3 is 2.27 bits per heavy atom. The second-order valence-electron chi connectivity index (χ2n) is 11.0. The van der Waals surface area contributed by atoms with Gasteiger partial charge in [-0.15, -0.1) is 0 Å². The van der Waals surface area contributed by atoms with E-state index < -0.39 is 64.9 Å². The lowest BCUT2D eigenvalue weighted by Crippen LogP contribution is -2.32. The summed E-state index contributed by atoms with van der Waals surface area (Å²) in [6.45, 7) is 1.67. The van der Waals surface area contributed by atoms with Gasteiger partial charge in [-0.1, -0.05) is 30.1 Å². The molecule has 0 saturated heterocycles. The van der Waals surface area contributed by atoms with E-state index in [0.29, 0.717) is 12.8 Å². The molecule has 2 unspecified atom stereocenters. The molecule has 13 heteroatoms. The minimum atomic E-state index is -4.91. The van der Waals surface area contributed by atoms with Crippen LogP contribution in [0, 0.1) is 17.8 Å². The van der Waals surface area contributed by atoms with E-state index in [-0.39, 0.29) is 60.1 Å². The zero-order valence-corrected chi connectivity index (χ0v) is 23.2. The van der Waals surface area contributed by atoms with Crippen molar-refractivity contribution in [3.8, 4) is 0 Å². The van der Waals surface area contributed by atoms with Crippen molar-refractivity contribution in [2.45, 2.75) is 82.6 Å². The van der Waals surface area contributed by atoms with Gasteiger partial charge < -0.3 is 5.11 Å². The van der Waals surface area contributed by atoms with Gasteiger partial charge in [-0.05, 0) is 56.8 Å². The maximum absolute atomic E-state index is 14.4. The topological polar surface area (TPSA) is 102 Å². The number of carbonyl (C=O) groups is 3. The fraction of sp³-hybridized carbons (Fsp3) is 0.593. The number of carboxylic acids is 1. The molecular weight excluding hydrogens is 577 g/mol. The Bertz CT molecular complexity index is 1270. The molecule has 0 aliphatic heterocycles. The van der Waals surface area contributed by atoms with E-state index in [0.717, 1.165) is 10.9 Å². The largest absolute Gasteiger partial charge is 0.481 e. The van der Waals surface area contributed by atoms with Crippen molar-refractivity contribution in [3.63, 3.8) is 0 Å². The third-order valence-electron chi connectivity index (χ3n) is 8.04. The predicted molar refractivity (Wildman–Crippen MR) is 138 cm³/mol. The van der Waals surface area contributed by atoms with Crippen LogP contribution in [0.5, 0.6) is 0 Å². The first-order valence-corrected chi connectivity index (χ1v) is 13.9. The normalized spacial score (nSPS) is 23.0. The van der Waals surface area contributed by atoms with Gasteiger partial charge in [-0.3, -0.25) is 24.0 Å². The Hall–Kier alpha value is -2.53. The molecule has 4 atom stereocenters. The number of ketones is 2. The summed E-state index contributed by atoms with van der Waals surface area (Å²) in [4.78, 5) is 41.6. The Kier molecular flexibility index (Phi) is 8.94. The summed E-state index contributed by atoms with van der Waals surface area (Å²) in [6.07, 6.45) is -0.830. The number of hydrogen-bond acceptors (Lipinski definition) is 5. The van der Waals surface area contributed by atoms with Crippen LogP contribution in [0.15, 0.2) is 18.6 Å². The number of halogens is 6. The van der Waals surface area contributed by atoms with Crippen LogP contribution in [0.1, 0.15) is 97.2 Å². The van der Waals surface area contributed by atoms with Gasteiger partial charge in [0.05, 0.1) is 39.3 Å². The van der Waals surface area contributed by atoms with Crippen LogP contribution in [0.4, 0.5) is 17.6 Å². The Morgan fingerprint density at radius 1 is 1.10 bits per heavy atom. The third kappa shape index (κ3) is 6.84. The maximum Gasteiger partial charge on any atom is 0.433 e. The van der Waals surface area contributed by atoms with E-state index in [1.54, 1.807) is 6.92 Å². The van der Waals surface area contributed by atoms with Crippen molar-refractivity contribution < 1.29 is 37.1 Å². The summed E-state index contributed by atoms with van der Waals surface area (Å²) in [5, 5.41) is 13.3. The van der Waals surface area contributed by atoms with Gasteiger partial charge in [0, 0.05) is 25.2 Å². The summed E-state index contributed by atoms with van der Waals surface area (Å²) >= 11 is 12.2. The van der Waals surface area contributed by atoms with Crippen molar-refractivity contribution in [3.05, 3.63) is 45.5 Å². The van der Waals surface area contributed by atoms with E-state index in [1.165, 1.54) is 12.4 Å². The highest BCUT2D eigenvalue weighted by atomic mass is 35.5. The molecule has 2 heterocycles. The summed E-state index contributed by atoms with van der Waals surface area (Å²) in [5.74, 6) is -4.17. The van der Waals surface area contributed by atoms with Crippen LogP contribution in [0.25, 0.3) is 0 Å². The fourth-order valence-electron chi connectivity index (χ4n) is 5.62. The average Bonchev–Trinajstić information content (AvgIpc) is 3.41. The first-order chi connectivity index (χ1) is 18.7. The highest BCUT2D eigenvalue weighted by Crippen LogP contribution is 2.46. The number of pyridine rings is 1. The van der Waals surface area contributed by atoms with E-state index in [2.05, 4.69) is 10.1 Å². The lowest BCUT2D eigenvalue weighted by Gasteiger charge is -2.33. The second-order valence-corrected chi connectivity index (χ2v) is 11.8. The summed E-state index contributed by atoms with van der Waals surface area (Å²) < 4.78 is 58.1. The monoisotopic (exact) mass is 605 g/mol. The molecule has 218 valence electrons.